The van der Waals surface area contributed by atoms with Crippen LogP contribution < -0.4 is 9.64 Å². The number of carbonyl (C=O) groups excluding carboxylic acids is 1. The average Bonchev–Trinajstić information content (AvgIpc) is 2.84. The minimum Gasteiger partial charge on any atom is -0.474 e. The number of pyridine rings is 1. The van der Waals surface area contributed by atoms with Crippen molar-refractivity contribution in [3.63, 3.8) is 0 Å². The van der Waals surface area contributed by atoms with Gasteiger partial charge in [0, 0.05) is 6.20 Å². The topological polar surface area (TPSA) is 51.7 Å². The third-order valence-corrected chi connectivity index (χ3v) is 3.37. The zero-order valence-corrected chi connectivity index (χ0v) is 10.3. The molecule has 1 aromatic rings. The minimum absolute atomic E-state index is 0.0249. The van der Waals surface area contributed by atoms with Crippen LogP contribution in [0.4, 0.5) is 5.69 Å². The quantitative estimate of drug-likeness (QED) is 0.753. The van der Waals surface area contributed by atoms with E-state index < -0.39 is 0 Å². The Hall–Kier alpha value is -1.62. The van der Waals surface area contributed by atoms with E-state index in [4.69, 9.17) is 9.47 Å². The van der Waals surface area contributed by atoms with Gasteiger partial charge >= 0.3 is 0 Å². The van der Waals surface area contributed by atoms with Crippen molar-refractivity contribution in [2.24, 2.45) is 0 Å². The van der Waals surface area contributed by atoms with Gasteiger partial charge in [-0.1, -0.05) is 0 Å². The molecule has 0 radical (unpaired) electrons. The molecule has 0 N–H and O–H groups in total. The Morgan fingerprint density at radius 1 is 1.50 bits per heavy atom. The lowest BCUT2D eigenvalue weighted by molar-refractivity contribution is -0.129. The summed E-state index contributed by atoms with van der Waals surface area (Å²) in [6.07, 6.45) is 3.27. The Bertz CT molecular complexity index is 463. The molecule has 2 aliphatic rings. The van der Waals surface area contributed by atoms with E-state index in [1.54, 1.807) is 11.1 Å². The van der Waals surface area contributed by atoms with E-state index in [1.165, 1.54) is 0 Å². The number of rotatable bonds is 1. The number of carbonyl (C=O) groups is 1. The summed E-state index contributed by atoms with van der Waals surface area (Å²) in [4.78, 5) is 18.3. The molecule has 0 bridgehead atoms. The van der Waals surface area contributed by atoms with Crippen LogP contribution in [0.15, 0.2) is 18.3 Å². The van der Waals surface area contributed by atoms with Crippen LogP contribution in [0.1, 0.15) is 19.8 Å². The molecule has 5 nitrogen and oxygen atoms in total. The number of ether oxygens (including phenoxy) is 2. The molecule has 0 aliphatic carbocycles. The Labute approximate surface area is 106 Å². The second-order valence-corrected chi connectivity index (χ2v) is 4.68. The molecule has 3 rings (SSSR count). The zero-order chi connectivity index (χ0) is 12.5. The molecular weight excluding hydrogens is 232 g/mol. The lowest BCUT2D eigenvalue weighted by atomic mass is 10.1. The van der Waals surface area contributed by atoms with Crippen molar-refractivity contribution in [1.82, 2.24) is 4.98 Å². The van der Waals surface area contributed by atoms with Gasteiger partial charge in [-0.3, -0.25) is 4.79 Å². The molecule has 2 atom stereocenters. The van der Waals surface area contributed by atoms with Gasteiger partial charge in [0.15, 0.2) is 0 Å². The van der Waals surface area contributed by atoms with Gasteiger partial charge in [0.05, 0.1) is 12.6 Å². The van der Waals surface area contributed by atoms with Crippen molar-refractivity contribution < 1.29 is 14.3 Å². The van der Waals surface area contributed by atoms with Crippen molar-refractivity contribution in [1.29, 1.82) is 0 Å². The van der Waals surface area contributed by atoms with Gasteiger partial charge in [-0.2, -0.15) is 0 Å². The molecular formula is C13H16N2O3. The van der Waals surface area contributed by atoms with Crippen molar-refractivity contribution in [2.45, 2.75) is 32.0 Å². The maximum atomic E-state index is 12.4. The first-order valence-electron chi connectivity index (χ1n) is 6.30. The summed E-state index contributed by atoms with van der Waals surface area (Å²) >= 11 is 0. The first kappa shape index (κ1) is 11.5. The smallest absolute Gasteiger partial charge is 0.256 e. The van der Waals surface area contributed by atoms with E-state index in [9.17, 15) is 4.79 Å². The standard InChI is InChI=1S/C13H16N2O3/c1-9-4-5-11(18-9)13(16)15-7-8-17-12-10(15)3-2-6-14-12/h2-3,6,9,11H,4-5,7-8H2,1H3/t9-,11+/m1/s1. The van der Waals surface area contributed by atoms with Crippen LogP contribution in [0, 0.1) is 0 Å². The van der Waals surface area contributed by atoms with E-state index in [0.29, 0.717) is 19.0 Å². The first-order valence-corrected chi connectivity index (χ1v) is 6.30. The summed E-state index contributed by atoms with van der Waals surface area (Å²) in [6.45, 7) is 3.05. The highest BCUT2D eigenvalue weighted by molar-refractivity contribution is 5.98. The number of anilines is 1. The number of fused-ring (bicyclic) bond motifs is 1. The third kappa shape index (κ3) is 1.95. The number of aromatic nitrogens is 1. The lowest BCUT2D eigenvalue weighted by Crippen LogP contribution is -2.44. The predicted octanol–water partition coefficient (Wildman–Crippen LogP) is 1.37. The Kier molecular flexibility index (Phi) is 2.91. The molecule has 1 aromatic heterocycles. The highest BCUT2D eigenvalue weighted by Gasteiger charge is 2.34. The Morgan fingerprint density at radius 2 is 2.39 bits per heavy atom. The molecule has 1 amide bonds. The molecule has 0 spiro atoms. The fourth-order valence-electron chi connectivity index (χ4n) is 2.44. The van der Waals surface area contributed by atoms with Gasteiger partial charge < -0.3 is 14.4 Å². The van der Waals surface area contributed by atoms with Crippen LogP contribution >= 0.6 is 0 Å². The summed E-state index contributed by atoms with van der Waals surface area (Å²) in [5.41, 5.74) is 0.747. The Morgan fingerprint density at radius 3 is 3.17 bits per heavy atom. The van der Waals surface area contributed by atoms with Crippen LogP contribution in [-0.2, 0) is 9.53 Å². The van der Waals surface area contributed by atoms with Gasteiger partial charge in [0.2, 0.25) is 5.88 Å². The van der Waals surface area contributed by atoms with Gasteiger partial charge in [-0.05, 0) is 31.9 Å². The highest BCUT2D eigenvalue weighted by atomic mass is 16.5. The van der Waals surface area contributed by atoms with Crippen LogP contribution in [0.3, 0.4) is 0 Å². The number of hydrogen-bond donors (Lipinski definition) is 0. The van der Waals surface area contributed by atoms with Gasteiger partial charge in [-0.25, -0.2) is 4.98 Å². The van der Waals surface area contributed by atoms with Gasteiger partial charge in [0.1, 0.15) is 18.4 Å². The number of nitrogens with zero attached hydrogens (tertiary/aromatic N) is 2. The highest BCUT2D eigenvalue weighted by Crippen LogP contribution is 2.31. The van der Waals surface area contributed by atoms with E-state index in [0.717, 1.165) is 18.5 Å². The summed E-state index contributed by atoms with van der Waals surface area (Å²) in [5.74, 6) is 0.556. The fourth-order valence-corrected chi connectivity index (χ4v) is 2.44. The molecule has 96 valence electrons. The average molecular weight is 248 g/mol. The van der Waals surface area contributed by atoms with E-state index in [1.807, 2.05) is 19.1 Å². The van der Waals surface area contributed by atoms with Crippen molar-refractivity contribution in [3.05, 3.63) is 18.3 Å². The summed E-state index contributed by atoms with van der Waals surface area (Å²) in [6, 6.07) is 3.67. The fraction of sp³-hybridized carbons (Fsp3) is 0.538. The van der Waals surface area contributed by atoms with E-state index in [-0.39, 0.29) is 18.1 Å². The first-order chi connectivity index (χ1) is 8.75. The molecule has 1 fully saturated rings. The second-order valence-electron chi connectivity index (χ2n) is 4.68. The SMILES string of the molecule is C[C@@H]1CC[C@@H](C(=O)N2CCOc3ncccc32)O1. The van der Waals surface area contributed by atoms with Gasteiger partial charge in [0.25, 0.3) is 5.91 Å². The molecule has 0 saturated carbocycles. The summed E-state index contributed by atoms with van der Waals surface area (Å²) in [7, 11) is 0. The maximum Gasteiger partial charge on any atom is 0.256 e. The van der Waals surface area contributed by atoms with Crippen LogP contribution in [0.25, 0.3) is 0 Å². The molecule has 5 heteroatoms. The zero-order valence-electron chi connectivity index (χ0n) is 10.3. The minimum atomic E-state index is -0.314. The van der Waals surface area contributed by atoms with Crippen LogP contribution in [-0.4, -0.2) is 36.3 Å². The molecule has 3 heterocycles. The van der Waals surface area contributed by atoms with Gasteiger partial charge in [-0.15, -0.1) is 0 Å². The summed E-state index contributed by atoms with van der Waals surface area (Å²) < 4.78 is 11.1. The molecule has 0 aromatic carbocycles. The van der Waals surface area contributed by atoms with Crippen LogP contribution in [0.5, 0.6) is 5.88 Å². The van der Waals surface area contributed by atoms with Crippen molar-refractivity contribution >= 4 is 11.6 Å². The van der Waals surface area contributed by atoms with Crippen molar-refractivity contribution in [2.75, 3.05) is 18.1 Å². The molecule has 0 unspecified atom stereocenters. The number of amides is 1. The van der Waals surface area contributed by atoms with Crippen LogP contribution in [0.2, 0.25) is 0 Å². The lowest BCUT2D eigenvalue weighted by Gasteiger charge is -2.30. The largest absolute Gasteiger partial charge is 0.474 e. The Balaban J connectivity index is 1.83. The number of hydrogen-bond acceptors (Lipinski definition) is 4. The van der Waals surface area contributed by atoms with Crippen molar-refractivity contribution in [3.8, 4) is 5.88 Å². The summed E-state index contributed by atoms with van der Waals surface area (Å²) in [5, 5.41) is 0. The van der Waals surface area contributed by atoms with E-state index >= 15 is 0 Å². The normalized spacial score (nSPS) is 26.6. The molecule has 2 aliphatic heterocycles. The van der Waals surface area contributed by atoms with E-state index in [2.05, 4.69) is 4.98 Å². The third-order valence-electron chi connectivity index (χ3n) is 3.37. The predicted molar refractivity (Wildman–Crippen MR) is 65.7 cm³/mol. The maximum absolute atomic E-state index is 12.4. The monoisotopic (exact) mass is 248 g/mol. The molecule has 1 saturated heterocycles. The second kappa shape index (κ2) is 4.57. The molecule has 18 heavy (non-hydrogen) atoms.